The normalized spacial score (nSPS) is 15.3. The van der Waals surface area contributed by atoms with Crippen LogP contribution >= 0.6 is 0 Å². The van der Waals surface area contributed by atoms with E-state index in [2.05, 4.69) is 6.92 Å². The molecule has 0 aliphatic carbocycles. The van der Waals surface area contributed by atoms with E-state index in [0.29, 0.717) is 0 Å². The van der Waals surface area contributed by atoms with E-state index in [4.69, 9.17) is 10.5 Å². The van der Waals surface area contributed by atoms with Crippen LogP contribution in [0.4, 0.5) is 0 Å². The van der Waals surface area contributed by atoms with Crippen LogP contribution in [-0.4, -0.2) is 6.23 Å². The van der Waals surface area contributed by atoms with Gasteiger partial charge in [0.1, 0.15) is 6.23 Å². The average Bonchev–Trinajstić information content (AvgIpc) is 1.63. The highest BCUT2D eigenvalue weighted by molar-refractivity contribution is 4.87. The molecule has 0 aromatic rings. The number of rotatable bonds is 3. The van der Waals surface area contributed by atoms with Crippen LogP contribution in [0.5, 0.6) is 0 Å². The molecule has 0 saturated heterocycles. The Bertz CT molecular complexity index is 97.1. The van der Waals surface area contributed by atoms with E-state index in [1.54, 1.807) is 0 Å². The molecule has 1 atom stereocenters. The summed E-state index contributed by atoms with van der Waals surface area (Å²) >= 11 is 0. The Morgan fingerprint density at radius 1 is 1.78 bits per heavy atom. The Kier molecular flexibility index (Phi) is 4.14. The van der Waals surface area contributed by atoms with E-state index in [-0.39, 0.29) is 6.23 Å². The van der Waals surface area contributed by atoms with E-state index < -0.39 is 0 Å². The Balaban J connectivity index is 3.49. The topological polar surface area (TPSA) is 35.2 Å². The fourth-order valence-corrected chi connectivity index (χ4v) is 0.629. The fraction of sp³-hybridized carbons (Fsp3) is 0.714. The number of ether oxygens (including phenoxy) is 1. The molecule has 0 spiro atoms. The SMILES string of the molecule is CCC=C(C)OC(C)N. The van der Waals surface area contributed by atoms with E-state index in [0.717, 1.165) is 12.2 Å². The van der Waals surface area contributed by atoms with Gasteiger partial charge >= 0.3 is 0 Å². The van der Waals surface area contributed by atoms with Gasteiger partial charge < -0.3 is 4.74 Å². The van der Waals surface area contributed by atoms with Crippen LogP contribution in [0.2, 0.25) is 0 Å². The average molecular weight is 129 g/mol. The molecule has 0 aliphatic rings. The van der Waals surface area contributed by atoms with Gasteiger partial charge in [0.2, 0.25) is 0 Å². The van der Waals surface area contributed by atoms with Gasteiger partial charge in [-0.25, -0.2) is 0 Å². The third-order valence-corrected chi connectivity index (χ3v) is 0.863. The molecule has 0 aliphatic heterocycles. The highest BCUT2D eigenvalue weighted by atomic mass is 16.5. The van der Waals surface area contributed by atoms with E-state index >= 15 is 0 Å². The van der Waals surface area contributed by atoms with E-state index in [1.807, 2.05) is 19.9 Å². The van der Waals surface area contributed by atoms with Gasteiger partial charge in [0.05, 0.1) is 5.76 Å². The van der Waals surface area contributed by atoms with Crippen molar-refractivity contribution in [3.05, 3.63) is 11.8 Å². The predicted molar refractivity (Wildman–Crippen MR) is 38.8 cm³/mol. The van der Waals surface area contributed by atoms with Gasteiger partial charge in [-0.2, -0.15) is 0 Å². The lowest BCUT2D eigenvalue weighted by atomic mass is 10.4. The van der Waals surface area contributed by atoms with Crippen molar-refractivity contribution in [1.29, 1.82) is 0 Å². The van der Waals surface area contributed by atoms with Crippen LogP contribution in [0.15, 0.2) is 11.8 Å². The Hall–Kier alpha value is -0.500. The summed E-state index contributed by atoms with van der Waals surface area (Å²) < 4.78 is 5.13. The van der Waals surface area contributed by atoms with Gasteiger partial charge in [-0.1, -0.05) is 6.92 Å². The first-order chi connectivity index (χ1) is 4.16. The first-order valence-electron chi connectivity index (χ1n) is 3.25. The van der Waals surface area contributed by atoms with Crippen molar-refractivity contribution in [2.45, 2.75) is 33.4 Å². The van der Waals surface area contributed by atoms with Crippen molar-refractivity contribution in [2.75, 3.05) is 0 Å². The Morgan fingerprint density at radius 3 is 2.67 bits per heavy atom. The van der Waals surface area contributed by atoms with Crippen LogP contribution in [-0.2, 0) is 4.74 Å². The number of hydrogen-bond donors (Lipinski definition) is 1. The van der Waals surface area contributed by atoms with Gasteiger partial charge in [0, 0.05) is 0 Å². The molecule has 0 fully saturated rings. The summed E-state index contributed by atoms with van der Waals surface area (Å²) in [6, 6.07) is 0. The summed E-state index contributed by atoms with van der Waals surface area (Å²) in [6.07, 6.45) is 2.81. The number of allylic oxidation sites excluding steroid dienone is 2. The molecule has 0 saturated carbocycles. The molecule has 1 unspecified atom stereocenters. The molecular weight excluding hydrogens is 114 g/mol. The van der Waals surface area contributed by atoms with Crippen molar-refractivity contribution in [2.24, 2.45) is 5.73 Å². The summed E-state index contributed by atoms with van der Waals surface area (Å²) in [5.41, 5.74) is 5.36. The number of nitrogens with two attached hydrogens (primary N) is 1. The third-order valence-electron chi connectivity index (χ3n) is 0.863. The molecular formula is C7H15NO. The van der Waals surface area contributed by atoms with Crippen LogP contribution in [0.25, 0.3) is 0 Å². The molecule has 0 radical (unpaired) electrons. The quantitative estimate of drug-likeness (QED) is 0.464. The molecule has 0 amide bonds. The van der Waals surface area contributed by atoms with Crippen molar-refractivity contribution in [1.82, 2.24) is 0 Å². The Morgan fingerprint density at radius 2 is 2.33 bits per heavy atom. The highest BCUT2D eigenvalue weighted by Gasteiger charge is 1.91. The van der Waals surface area contributed by atoms with E-state index in [9.17, 15) is 0 Å². The summed E-state index contributed by atoms with van der Waals surface area (Å²) in [5.74, 6) is 0.910. The zero-order chi connectivity index (χ0) is 7.28. The molecule has 0 heterocycles. The lowest BCUT2D eigenvalue weighted by molar-refractivity contribution is 0.138. The molecule has 0 aromatic carbocycles. The first-order valence-corrected chi connectivity index (χ1v) is 3.25. The molecule has 9 heavy (non-hydrogen) atoms. The first kappa shape index (κ1) is 8.50. The van der Waals surface area contributed by atoms with Gasteiger partial charge in [-0.3, -0.25) is 5.73 Å². The van der Waals surface area contributed by atoms with Crippen LogP contribution in [0, 0.1) is 0 Å². The summed E-state index contributed by atoms with van der Waals surface area (Å²) in [5, 5.41) is 0. The van der Waals surface area contributed by atoms with Crippen LogP contribution < -0.4 is 5.73 Å². The lowest BCUT2D eigenvalue weighted by Crippen LogP contribution is -2.17. The molecule has 2 heteroatoms. The minimum absolute atomic E-state index is 0.187. The third kappa shape index (κ3) is 5.37. The zero-order valence-corrected chi connectivity index (χ0v) is 6.35. The van der Waals surface area contributed by atoms with Gasteiger partial charge in [0.15, 0.2) is 0 Å². The minimum Gasteiger partial charge on any atom is -0.481 e. The van der Waals surface area contributed by atoms with Gasteiger partial charge in [-0.05, 0) is 26.3 Å². The highest BCUT2D eigenvalue weighted by Crippen LogP contribution is 1.98. The predicted octanol–water partition coefficient (Wildman–Crippen LogP) is 1.62. The molecule has 0 rings (SSSR count). The monoisotopic (exact) mass is 129 g/mol. The van der Waals surface area contributed by atoms with Crippen molar-refractivity contribution in [3.8, 4) is 0 Å². The van der Waals surface area contributed by atoms with Crippen LogP contribution in [0.1, 0.15) is 27.2 Å². The second-order valence-corrected chi connectivity index (χ2v) is 2.05. The Labute approximate surface area is 56.7 Å². The molecule has 54 valence electrons. The maximum atomic E-state index is 5.36. The van der Waals surface area contributed by atoms with Gasteiger partial charge in [0.25, 0.3) is 0 Å². The minimum atomic E-state index is -0.187. The van der Waals surface area contributed by atoms with E-state index in [1.165, 1.54) is 0 Å². The second kappa shape index (κ2) is 4.39. The summed E-state index contributed by atoms with van der Waals surface area (Å²) in [4.78, 5) is 0. The molecule has 2 N–H and O–H groups in total. The largest absolute Gasteiger partial charge is 0.481 e. The molecule has 0 aromatic heterocycles. The molecule has 2 nitrogen and oxygen atoms in total. The van der Waals surface area contributed by atoms with Crippen molar-refractivity contribution >= 4 is 0 Å². The summed E-state index contributed by atoms with van der Waals surface area (Å²) in [6.45, 7) is 5.79. The smallest absolute Gasteiger partial charge is 0.144 e. The zero-order valence-electron chi connectivity index (χ0n) is 6.35. The molecule has 0 bridgehead atoms. The van der Waals surface area contributed by atoms with Gasteiger partial charge in [-0.15, -0.1) is 0 Å². The maximum absolute atomic E-state index is 5.36. The van der Waals surface area contributed by atoms with Crippen LogP contribution in [0.3, 0.4) is 0 Å². The second-order valence-electron chi connectivity index (χ2n) is 2.05. The number of hydrogen-bond acceptors (Lipinski definition) is 2. The standard InChI is InChI=1S/C7H15NO/c1-4-5-6(2)9-7(3)8/h5,7H,4,8H2,1-3H3. The lowest BCUT2D eigenvalue weighted by Gasteiger charge is -2.08. The fourth-order valence-electron chi connectivity index (χ4n) is 0.629. The van der Waals surface area contributed by atoms with Crippen molar-refractivity contribution < 1.29 is 4.74 Å². The summed E-state index contributed by atoms with van der Waals surface area (Å²) in [7, 11) is 0. The van der Waals surface area contributed by atoms with Crippen molar-refractivity contribution in [3.63, 3.8) is 0 Å². The maximum Gasteiger partial charge on any atom is 0.144 e.